The summed E-state index contributed by atoms with van der Waals surface area (Å²) in [5, 5.41) is 0. The summed E-state index contributed by atoms with van der Waals surface area (Å²) in [6.07, 6.45) is 9.31. The number of primary amides is 1. The van der Waals surface area contributed by atoms with E-state index >= 15 is 0 Å². The van der Waals surface area contributed by atoms with Crippen LogP contribution in [0.1, 0.15) is 61.3 Å². The van der Waals surface area contributed by atoms with E-state index in [1.807, 2.05) is 6.07 Å². The second-order valence-electron chi connectivity index (χ2n) is 7.19. The second kappa shape index (κ2) is 9.54. The lowest BCUT2D eigenvalue weighted by Gasteiger charge is -2.07. The summed E-state index contributed by atoms with van der Waals surface area (Å²) in [4.78, 5) is 11.2. The van der Waals surface area contributed by atoms with E-state index in [-0.39, 0.29) is 12.0 Å². The molecule has 1 fully saturated rings. The fourth-order valence-electron chi connectivity index (χ4n) is 3.60. The molecule has 0 aromatic heterocycles. The van der Waals surface area contributed by atoms with Crippen LogP contribution in [0.2, 0.25) is 0 Å². The molecular weight excluding hydrogens is 322 g/mol. The normalized spacial score (nSPS) is 18.6. The van der Waals surface area contributed by atoms with Crippen LogP contribution in [0, 0.1) is 0 Å². The van der Waals surface area contributed by atoms with Crippen molar-refractivity contribution in [2.24, 2.45) is 5.73 Å². The van der Waals surface area contributed by atoms with Crippen LogP contribution in [0.15, 0.2) is 54.6 Å². The molecule has 0 radical (unpaired) electrons. The van der Waals surface area contributed by atoms with Crippen LogP contribution < -0.4 is 5.73 Å². The zero-order valence-electron chi connectivity index (χ0n) is 15.4. The summed E-state index contributed by atoms with van der Waals surface area (Å²) in [5.41, 5.74) is 9.21. The number of benzene rings is 2. The first-order valence-corrected chi connectivity index (χ1v) is 9.82. The fourth-order valence-corrected chi connectivity index (χ4v) is 3.60. The quantitative estimate of drug-likeness (QED) is 0.470. The molecule has 2 N–H and O–H groups in total. The number of aryl methyl sites for hydroxylation is 2. The monoisotopic (exact) mass is 351 g/mol. The maximum atomic E-state index is 11.2. The first kappa shape index (κ1) is 18.7. The van der Waals surface area contributed by atoms with Gasteiger partial charge in [-0.05, 0) is 42.4 Å². The third kappa shape index (κ3) is 5.43. The van der Waals surface area contributed by atoms with Gasteiger partial charge in [-0.1, -0.05) is 80.3 Å². The molecule has 3 rings (SSSR count). The predicted molar refractivity (Wildman–Crippen MR) is 105 cm³/mol. The molecule has 0 aliphatic carbocycles. The van der Waals surface area contributed by atoms with Crippen molar-refractivity contribution in [3.05, 3.63) is 71.3 Å². The lowest BCUT2D eigenvalue weighted by Crippen LogP contribution is -2.18. The molecule has 26 heavy (non-hydrogen) atoms. The summed E-state index contributed by atoms with van der Waals surface area (Å²) in [7, 11) is 0. The average Bonchev–Trinajstić information content (AvgIpc) is 3.46. The average molecular weight is 351 g/mol. The molecule has 0 saturated carbocycles. The minimum absolute atomic E-state index is 0.123. The van der Waals surface area contributed by atoms with Crippen LogP contribution in [0.25, 0.3) is 0 Å². The zero-order valence-corrected chi connectivity index (χ0v) is 15.4. The number of hydrogen-bond donors (Lipinski definition) is 1. The van der Waals surface area contributed by atoms with Gasteiger partial charge in [0.15, 0.2) is 6.10 Å². The van der Waals surface area contributed by atoms with Crippen molar-refractivity contribution in [1.82, 2.24) is 0 Å². The van der Waals surface area contributed by atoms with Gasteiger partial charge in [-0.25, -0.2) is 0 Å². The summed E-state index contributed by atoms with van der Waals surface area (Å²) in [6, 6.07) is 19.0. The highest BCUT2D eigenvalue weighted by Crippen LogP contribution is 2.40. The van der Waals surface area contributed by atoms with E-state index in [1.165, 1.54) is 56.1 Å². The van der Waals surface area contributed by atoms with E-state index in [0.717, 1.165) is 12.0 Å². The Kier molecular flexibility index (Phi) is 6.84. The second-order valence-corrected chi connectivity index (χ2v) is 7.19. The molecule has 138 valence electrons. The molecule has 1 aliphatic heterocycles. The molecule has 0 bridgehead atoms. The Hall–Kier alpha value is -2.13. The highest BCUT2D eigenvalue weighted by atomic mass is 16.6. The van der Waals surface area contributed by atoms with Crippen molar-refractivity contribution in [2.75, 3.05) is 0 Å². The number of hydrogen-bond acceptors (Lipinski definition) is 2. The Morgan fingerprint density at radius 2 is 1.42 bits per heavy atom. The summed E-state index contributed by atoms with van der Waals surface area (Å²) in [5.74, 6) is -0.361. The highest BCUT2D eigenvalue weighted by molar-refractivity contribution is 5.82. The number of rotatable bonds is 11. The van der Waals surface area contributed by atoms with Gasteiger partial charge in [0.05, 0.1) is 0 Å². The Labute approximate surface area is 156 Å². The summed E-state index contributed by atoms with van der Waals surface area (Å²) < 4.78 is 5.44. The number of nitrogens with two attached hydrogens (primary N) is 1. The minimum atomic E-state index is -0.430. The molecule has 1 saturated heterocycles. The Morgan fingerprint density at radius 1 is 0.808 bits per heavy atom. The van der Waals surface area contributed by atoms with Crippen LogP contribution in [-0.4, -0.2) is 12.0 Å². The van der Waals surface area contributed by atoms with E-state index < -0.39 is 6.10 Å². The number of unbranched alkanes of at least 4 members (excludes halogenated alkanes) is 5. The van der Waals surface area contributed by atoms with Crippen LogP contribution in [0.3, 0.4) is 0 Å². The molecule has 1 unspecified atom stereocenters. The smallest absolute Gasteiger partial charge is 0.249 e. The maximum Gasteiger partial charge on any atom is 0.249 e. The maximum absolute atomic E-state index is 11.2. The molecule has 3 nitrogen and oxygen atoms in total. The van der Waals surface area contributed by atoms with Gasteiger partial charge in [-0.3, -0.25) is 4.79 Å². The van der Waals surface area contributed by atoms with Gasteiger partial charge >= 0.3 is 0 Å². The Balaban J connectivity index is 1.30. The molecule has 1 aliphatic rings. The number of ether oxygens (including phenoxy) is 1. The van der Waals surface area contributed by atoms with Crippen LogP contribution in [-0.2, 0) is 22.4 Å². The largest absolute Gasteiger partial charge is 0.367 e. The summed E-state index contributed by atoms with van der Waals surface area (Å²) in [6.45, 7) is 0. The molecule has 3 heteroatoms. The first-order chi connectivity index (χ1) is 12.8. The van der Waals surface area contributed by atoms with Crippen LogP contribution >= 0.6 is 0 Å². The van der Waals surface area contributed by atoms with Crippen LogP contribution in [0.5, 0.6) is 0 Å². The van der Waals surface area contributed by atoms with E-state index in [2.05, 4.69) is 48.5 Å². The third-order valence-electron chi connectivity index (χ3n) is 5.14. The summed E-state index contributed by atoms with van der Waals surface area (Å²) >= 11 is 0. The minimum Gasteiger partial charge on any atom is -0.367 e. The van der Waals surface area contributed by atoms with Gasteiger partial charge in [-0.2, -0.15) is 0 Å². The molecule has 0 spiro atoms. The lowest BCUT2D eigenvalue weighted by atomic mass is 9.97. The number of carbonyl (C=O) groups is 1. The number of epoxide rings is 1. The van der Waals surface area contributed by atoms with Crippen molar-refractivity contribution in [3.63, 3.8) is 0 Å². The van der Waals surface area contributed by atoms with E-state index in [0.29, 0.717) is 0 Å². The van der Waals surface area contributed by atoms with Gasteiger partial charge in [0.25, 0.3) is 0 Å². The van der Waals surface area contributed by atoms with Crippen molar-refractivity contribution in [3.8, 4) is 0 Å². The zero-order chi connectivity index (χ0) is 18.2. The van der Waals surface area contributed by atoms with E-state index in [9.17, 15) is 4.79 Å². The van der Waals surface area contributed by atoms with Gasteiger partial charge < -0.3 is 10.5 Å². The SMILES string of the molecule is NC(=O)[C@@H]1OC1c1ccccc1CCCCCCCCc1ccccc1. The molecule has 2 aromatic rings. The molecule has 2 atom stereocenters. The molecule has 1 heterocycles. The topological polar surface area (TPSA) is 55.6 Å². The van der Waals surface area contributed by atoms with Gasteiger partial charge in [-0.15, -0.1) is 0 Å². The van der Waals surface area contributed by atoms with Gasteiger partial charge in [0, 0.05) is 0 Å². The Bertz CT molecular complexity index is 698. The van der Waals surface area contributed by atoms with Crippen molar-refractivity contribution >= 4 is 5.91 Å². The van der Waals surface area contributed by atoms with Gasteiger partial charge in [0.1, 0.15) is 6.10 Å². The lowest BCUT2D eigenvalue weighted by molar-refractivity contribution is -0.119. The molecule has 1 amide bonds. The number of carbonyl (C=O) groups excluding carboxylic acids is 1. The molecular formula is C23H29NO2. The van der Waals surface area contributed by atoms with E-state index in [1.54, 1.807) is 0 Å². The van der Waals surface area contributed by atoms with Crippen LogP contribution in [0.4, 0.5) is 0 Å². The van der Waals surface area contributed by atoms with Crippen molar-refractivity contribution in [2.45, 2.75) is 63.6 Å². The van der Waals surface area contributed by atoms with Gasteiger partial charge in [0.2, 0.25) is 5.91 Å². The van der Waals surface area contributed by atoms with E-state index in [4.69, 9.17) is 10.5 Å². The van der Waals surface area contributed by atoms with Crippen molar-refractivity contribution in [1.29, 1.82) is 0 Å². The number of amides is 1. The predicted octanol–water partition coefficient (Wildman–Crippen LogP) is 4.74. The first-order valence-electron chi connectivity index (χ1n) is 9.82. The Morgan fingerprint density at radius 3 is 2.12 bits per heavy atom. The van der Waals surface area contributed by atoms with Crippen molar-refractivity contribution < 1.29 is 9.53 Å². The standard InChI is InChI=1S/C23H29NO2/c24-23(25)22-21(26-22)20-17-11-10-16-19(20)15-9-4-2-1-3-6-12-18-13-7-5-8-14-18/h5,7-8,10-11,13-14,16-17,21-22H,1-4,6,9,12,15H2,(H2,24,25)/t21?,22-/m1/s1. The molecule has 2 aromatic carbocycles. The third-order valence-corrected chi connectivity index (χ3v) is 5.14. The highest BCUT2D eigenvalue weighted by Gasteiger charge is 2.45. The fraction of sp³-hybridized carbons (Fsp3) is 0.435.